The molecule has 1 aliphatic rings. The van der Waals surface area contributed by atoms with Crippen LogP contribution in [0.15, 0.2) is 24.3 Å². The lowest BCUT2D eigenvalue weighted by Crippen LogP contribution is -2.53. The SMILES string of the molecule is CC1(C)CCNC(=O)[C@@H](NC(=O)[C@@H](N)Cc2ccc(O)cc2)CSSC[C@@H](C(=O)O)NC1=O. The summed E-state index contributed by atoms with van der Waals surface area (Å²) in [5, 5.41) is 26.7. The highest BCUT2D eigenvalue weighted by Gasteiger charge is 2.32. The third kappa shape index (κ3) is 8.45. The van der Waals surface area contributed by atoms with Crippen LogP contribution in [0.3, 0.4) is 0 Å². The molecule has 33 heavy (non-hydrogen) atoms. The molecule has 10 nitrogen and oxygen atoms in total. The quantitative estimate of drug-likeness (QED) is 0.311. The molecule has 2 rings (SSSR count). The third-order valence-electron chi connectivity index (χ3n) is 5.18. The standard InChI is InChI=1S/C21H30N4O6S2/c1-21(2)7-8-23-18(28)15(10-32-33-11-16(19(29)30)25-20(21)31)24-17(27)14(22)9-12-3-5-13(26)6-4-12/h3-6,14-16,26H,7-11,22H2,1-2H3,(H,23,28)(H,24,27)(H,25,31)(H,29,30)/t14-,15-,16-/m0/s1. The van der Waals surface area contributed by atoms with E-state index >= 15 is 0 Å². The van der Waals surface area contributed by atoms with Gasteiger partial charge in [0.2, 0.25) is 17.7 Å². The van der Waals surface area contributed by atoms with E-state index in [9.17, 15) is 29.4 Å². The molecule has 1 aromatic carbocycles. The van der Waals surface area contributed by atoms with Crippen molar-refractivity contribution < 1.29 is 29.4 Å². The zero-order valence-corrected chi connectivity index (χ0v) is 20.1. The summed E-state index contributed by atoms with van der Waals surface area (Å²) in [7, 11) is 2.42. The fraction of sp³-hybridized carbons (Fsp3) is 0.524. The van der Waals surface area contributed by atoms with Gasteiger partial charge in [-0.2, -0.15) is 0 Å². The van der Waals surface area contributed by atoms with E-state index in [1.807, 2.05) is 0 Å². The van der Waals surface area contributed by atoms with Crippen LogP contribution in [0.2, 0.25) is 0 Å². The summed E-state index contributed by atoms with van der Waals surface area (Å²) in [5.41, 5.74) is 5.89. The molecule has 1 heterocycles. The number of aliphatic carboxylic acids is 1. The maximum Gasteiger partial charge on any atom is 0.327 e. The van der Waals surface area contributed by atoms with Gasteiger partial charge in [-0.1, -0.05) is 47.6 Å². The summed E-state index contributed by atoms with van der Waals surface area (Å²) in [5.74, 6) is -2.04. The molecule has 3 amide bonds. The van der Waals surface area contributed by atoms with Crippen LogP contribution >= 0.6 is 21.6 Å². The van der Waals surface area contributed by atoms with Crippen LogP contribution in [0.4, 0.5) is 0 Å². The number of nitrogens with one attached hydrogen (secondary N) is 3. The Hall–Kier alpha value is -2.44. The molecule has 1 aliphatic heterocycles. The summed E-state index contributed by atoms with van der Waals surface area (Å²) in [6.07, 6.45) is 0.517. The smallest absolute Gasteiger partial charge is 0.327 e. The number of nitrogens with two attached hydrogens (primary N) is 1. The first-order valence-electron chi connectivity index (χ1n) is 10.4. The average molecular weight is 499 g/mol. The number of hydrogen-bond acceptors (Lipinski definition) is 8. The lowest BCUT2D eigenvalue weighted by molar-refractivity contribution is -0.142. The molecule has 0 unspecified atom stereocenters. The van der Waals surface area contributed by atoms with Gasteiger partial charge in [0.25, 0.3) is 0 Å². The molecule has 1 aromatic rings. The lowest BCUT2D eigenvalue weighted by atomic mass is 9.88. The van der Waals surface area contributed by atoms with Crippen molar-refractivity contribution in [2.45, 2.75) is 44.8 Å². The maximum atomic E-state index is 12.7. The predicted octanol–water partition coefficient (Wildman–Crippen LogP) is 0.244. The summed E-state index contributed by atoms with van der Waals surface area (Å²) < 4.78 is 0. The predicted molar refractivity (Wildman–Crippen MR) is 128 cm³/mol. The fourth-order valence-electron chi connectivity index (χ4n) is 2.94. The molecule has 0 aromatic heterocycles. The largest absolute Gasteiger partial charge is 0.508 e. The highest BCUT2D eigenvalue weighted by molar-refractivity contribution is 8.76. The van der Waals surface area contributed by atoms with E-state index in [1.54, 1.807) is 26.0 Å². The number of benzene rings is 1. The molecule has 182 valence electrons. The molecule has 0 spiro atoms. The molecular weight excluding hydrogens is 468 g/mol. The Balaban J connectivity index is 2.05. The van der Waals surface area contributed by atoms with E-state index in [-0.39, 0.29) is 36.6 Å². The number of rotatable bonds is 5. The molecule has 7 N–H and O–H groups in total. The number of amides is 3. The number of phenols is 1. The van der Waals surface area contributed by atoms with Crippen molar-refractivity contribution in [2.24, 2.45) is 11.1 Å². The first-order valence-corrected chi connectivity index (χ1v) is 12.9. The number of carboxylic acids is 1. The van der Waals surface area contributed by atoms with Gasteiger partial charge >= 0.3 is 5.97 Å². The second-order valence-electron chi connectivity index (χ2n) is 8.40. The van der Waals surface area contributed by atoms with Crippen LogP contribution in [0, 0.1) is 5.41 Å². The Morgan fingerprint density at radius 2 is 1.85 bits per heavy atom. The molecule has 12 heteroatoms. The van der Waals surface area contributed by atoms with Gasteiger partial charge in [-0.15, -0.1) is 0 Å². The number of carbonyl (C=O) groups is 4. The number of carbonyl (C=O) groups excluding carboxylic acids is 3. The normalized spacial score (nSPS) is 23.0. The fourth-order valence-corrected chi connectivity index (χ4v) is 5.25. The van der Waals surface area contributed by atoms with Crippen molar-refractivity contribution in [3.8, 4) is 5.75 Å². The first kappa shape index (κ1) is 26.8. The minimum Gasteiger partial charge on any atom is -0.508 e. The maximum absolute atomic E-state index is 12.7. The van der Waals surface area contributed by atoms with Crippen LogP contribution in [-0.4, -0.2) is 70.1 Å². The summed E-state index contributed by atoms with van der Waals surface area (Å²) in [6.45, 7) is 3.54. The zero-order valence-electron chi connectivity index (χ0n) is 18.5. The second kappa shape index (κ2) is 12.1. The van der Waals surface area contributed by atoms with E-state index in [0.717, 1.165) is 5.56 Å². The van der Waals surface area contributed by atoms with E-state index in [4.69, 9.17) is 5.73 Å². The number of phenolic OH excluding ortho intramolecular Hbond substituents is 1. The van der Waals surface area contributed by atoms with Gasteiger partial charge in [-0.3, -0.25) is 14.4 Å². The van der Waals surface area contributed by atoms with Crippen LogP contribution in [-0.2, 0) is 25.6 Å². The van der Waals surface area contributed by atoms with Gasteiger partial charge in [-0.25, -0.2) is 4.79 Å². The van der Waals surface area contributed by atoms with Crippen molar-refractivity contribution in [1.29, 1.82) is 0 Å². The third-order valence-corrected chi connectivity index (χ3v) is 7.60. The molecule has 0 bridgehead atoms. The highest BCUT2D eigenvalue weighted by atomic mass is 33.1. The van der Waals surface area contributed by atoms with Gasteiger partial charge in [0.15, 0.2) is 0 Å². The van der Waals surface area contributed by atoms with Gasteiger partial charge in [-0.05, 0) is 30.5 Å². The van der Waals surface area contributed by atoms with Crippen LogP contribution < -0.4 is 21.7 Å². The van der Waals surface area contributed by atoms with E-state index in [2.05, 4.69) is 16.0 Å². The second-order valence-corrected chi connectivity index (χ2v) is 10.9. The van der Waals surface area contributed by atoms with Crippen LogP contribution in [0.1, 0.15) is 25.8 Å². The first-order chi connectivity index (χ1) is 15.5. The Bertz CT molecular complexity index is 865. The van der Waals surface area contributed by atoms with Gasteiger partial charge in [0.05, 0.1) is 6.04 Å². The van der Waals surface area contributed by atoms with Crippen LogP contribution in [0.5, 0.6) is 5.75 Å². The van der Waals surface area contributed by atoms with E-state index < -0.39 is 47.2 Å². The van der Waals surface area contributed by atoms with Gasteiger partial charge in [0, 0.05) is 23.5 Å². The zero-order chi connectivity index (χ0) is 24.6. The Morgan fingerprint density at radius 1 is 1.21 bits per heavy atom. The number of carboxylic acid groups (broad SMARTS) is 1. The van der Waals surface area contributed by atoms with Crippen molar-refractivity contribution in [1.82, 2.24) is 16.0 Å². The monoisotopic (exact) mass is 498 g/mol. The van der Waals surface area contributed by atoms with E-state index in [0.29, 0.717) is 0 Å². The molecule has 0 aliphatic carbocycles. The molecular formula is C21H30N4O6S2. The summed E-state index contributed by atoms with van der Waals surface area (Å²) in [6, 6.07) is 3.49. The van der Waals surface area contributed by atoms with E-state index in [1.165, 1.54) is 33.7 Å². The van der Waals surface area contributed by atoms with Crippen molar-refractivity contribution in [3.63, 3.8) is 0 Å². The van der Waals surface area contributed by atoms with Crippen LogP contribution in [0.25, 0.3) is 0 Å². The minimum absolute atomic E-state index is 0.102. The molecule has 0 saturated carbocycles. The Morgan fingerprint density at radius 3 is 2.48 bits per heavy atom. The Labute approximate surface area is 200 Å². The van der Waals surface area contributed by atoms with Gasteiger partial charge in [0.1, 0.15) is 17.8 Å². The molecule has 1 fully saturated rings. The topological polar surface area (TPSA) is 171 Å². The minimum atomic E-state index is -1.14. The molecule has 1 saturated heterocycles. The van der Waals surface area contributed by atoms with Crippen molar-refractivity contribution in [3.05, 3.63) is 29.8 Å². The Kier molecular flexibility index (Phi) is 9.87. The van der Waals surface area contributed by atoms with Gasteiger partial charge < -0.3 is 31.9 Å². The summed E-state index contributed by atoms with van der Waals surface area (Å²) in [4.78, 5) is 49.4. The van der Waals surface area contributed by atoms with Crippen molar-refractivity contribution >= 4 is 45.3 Å². The lowest BCUT2D eigenvalue weighted by Gasteiger charge is -2.26. The molecule has 0 radical (unpaired) electrons. The molecule has 3 atom stereocenters. The highest BCUT2D eigenvalue weighted by Crippen LogP contribution is 2.25. The summed E-state index contributed by atoms with van der Waals surface area (Å²) >= 11 is 0. The number of aromatic hydroxyl groups is 1. The van der Waals surface area contributed by atoms with Crippen molar-refractivity contribution in [2.75, 3.05) is 18.1 Å². The number of hydrogen-bond donors (Lipinski definition) is 6. The average Bonchev–Trinajstić information content (AvgIpc) is 2.75.